The molecule has 0 aliphatic rings. The molecule has 1 heterocycles. The van der Waals surface area contributed by atoms with E-state index in [2.05, 4.69) is 10.3 Å². The number of carbonyl (C=O) groups is 1. The largest absolute Gasteiger partial charge is 0.302 e. The monoisotopic (exact) mass is 454 g/mol. The average Bonchev–Trinajstić information content (AvgIpc) is 3.11. The van der Waals surface area contributed by atoms with E-state index in [-0.39, 0.29) is 17.9 Å². The molecular formula is C19H16Cl2N2O3S2. The van der Waals surface area contributed by atoms with Crippen molar-refractivity contribution in [3.05, 3.63) is 69.5 Å². The molecule has 5 nitrogen and oxygen atoms in total. The van der Waals surface area contributed by atoms with Gasteiger partial charge >= 0.3 is 0 Å². The maximum atomic E-state index is 12.2. The maximum Gasteiger partial charge on any atom is 0.227 e. The van der Waals surface area contributed by atoms with E-state index < -0.39 is 15.7 Å². The first-order valence-electron chi connectivity index (χ1n) is 8.27. The zero-order valence-corrected chi connectivity index (χ0v) is 17.7. The van der Waals surface area contributed by atoms with Crippen molar-refractivity contribution in [3.63, 3.8) is 0 Å². The van der Waals surface area contributed by atoms with Crippen molar-refractivity contribution in [2.24, 2.45) is 0 Å². The number of anilines is 1. The highest BCUT2D eigenvalue weighted by molar-refractivity contribution is 7.90. The van der Waals surface area contributed by atoms with E-state index in [1.54, 1.807) is 47.8 Å². The SMILES string of the molecule is O=C(CCS(=O)(=O)Cc1ccccc1)Nc1nc(-c2cc(Cl)ccc2Cl)cs1. The van der Waals surface area contributed by atoms with Crippen molar-refractivity contribution in [1.29, 1.82) is 0 Å². The van der Waals surface area contributed by atoms with Crippen molar-refractivity contribution in [1.82, 2.24) is 4.98 Å². The summed E-state index contributed by atoms with van der Waals surface area (Å²) >= 11 is 13.4. The molecule has 2 aromatic carbocycles. The predicted octanol–water partition coefficient (Wildman–Crippen LogP) is 5.06. The maximum absolute atomic E-state index is 12.2. The van der Waals surface area contributed by atoms with E-state index in [1.807, 2.05) is 6.07 Å². The van der Waals surface area contributed by atoms with Crippen LogP contribution in [0.1, 0.15) is 12.0 Å². The van der Waals surface area contributed by atoms with Gasteiger partial charge in [0.05, 0.1) is 22.2 Å². The first kappa shape index (κ1) is 20.8. The summed E-state index contributed by atoms with van der Waals surface area (Å²) in [7, 11) is -3.38. The van der Waals surface area contributed by atoms with Gasteiger partial charge in [-0.15, -0.1) is 11.3 Å². The number of aromatic nitrogens is 1. The van der Waals surface area contributed by atoms with E-state index in [9.17, 15) is 13.2 Å². The van der Waals surface area contributed by atoms with Crippen LogP contribution in [-0.4, -0.2) is 25.1 Å². The standard InChI is InChI=1S/C19H16Cl2N2O3S2/c20-14-6-7-16(21)15(10-14)17-11-27-19(22-17)23-18(24)8-9-28(25,26)12-13-4-2-1-3-5-13/h1-7,10-11H,8-9,12H2,(H,22,23,24). The summed E-state index contributed by atoms with van der Waals surface area (Å²) in [6, 6.07) is 13.9. The lowest BCUT2D eigenvalue weighted by Gasteiger charge is -2.05. The number of hydrogen-bond donors (Lipinski definition) is 1. The van der Waals surface area contributed by atoms with Crippen LogP contribution < -0.4 is 5.32 Å². The number of nitrogens with one attached hydrogen (secondary N) is 1. The summed E-state index contributed by atoms with van der Waals surface area (Å²) in [6.45, 7) is 0. The number of benzene rings is 2. The Kier molecular flexibility index (Phi) is 6.72. The van der Waals surface area contributed by atoms with Crippen LogP contribution in [0.15, 0.2) is 53.9 Å². The summed E-state index contributed by atoms with van der Waals surface area (Å²) in [6.07, 6.45) is -0.137. The molecule has 0 bridgehead atoms. The van der Waals surface area contributed by atoms with Crippen LogP contribution in [-0.2, 0) is 20.4 Å². The number of sulfone groups is 1. The zero-order valence-electron chi connectivity index (χ0n) is 14.6. The Balaban J connectivity index is 1.58. The van der Waals surface area contributed by atoms with Gasteiger partial charge in [-0.2, -0.15) is 0 Å². The van der Waals surface area contributed by atoms with Crippen molar-refractivity contribution >= 4 is 55.4 Å². The van der Waals surface area contributed by atoms with E-state index in [1.165, 1.54) is 11.3 Å². The fraction of sp³-hybridized carbons (Fsp3) is 0.158. The van der Waals surface area contributed by atoms with Crippen LogP contribution in [0.5, 0.6) is 0 Å². The smallest absolute Gasteiger partial charge is 0.227 e. The molecule has 1 amide bonds. The molecule has 0 atom stereocenters. The molecule has 0 aliphatic heterocycles. The summed E-state index contributed by atoms with van der Waals surface area (Å²) in [4.78, 5) is 16.5. The minimum Gasteiger partial charge on any atom is -0.302 e. The van der Waals surface area contributed by atoms with Crippen molar-refractivity contribution < 1.29 is 13.2 Å². The summed E-state index contributed by atoms with van der Waals surface area (Å²) in [5.41, 5.74) is 1.95. The fourth-order valence-corrected chi connectivity index (χ4v) is 4.93. The van der Waals surface area contributed by atoms with Crippen LogP contribution in [0.3, 0.4) is 0 Å². The third kappa shape index (κ3) is 5.78. The van der Waals surface area contributed by atoms with Gasteiger partial charge in [-0.3, -0.25) is 4.79 Å². The predicted molar refractivity (Wildman–Crippen MR) is 115 cm³/mol. The Bertz CT molecular complexity index is 1080. The summed E-state index contributed by atoms with van der Waals surface area (Å²) in [5.74, 6) is -0.725. The Morgan fingerprint density at radius 2 is 1.86 bits per heavy atom. The van der Waals surface area contributed by atoms with E-state index in [0.717, 1.165) is 0 Å². The number of rotatable bonds is 7. The fourth-order valence-electron chi connectivity index (χ4n) is 2.48. The second kappa shape index (κ2) is 9.05. The molecular weight excluding hydrogens is 439 g/mol. The molecule has 0 fully saturated rings. The lowest BCUT2D eigenvalue weighted by atomic mass is 10.2. The molecule has 1 aromatic heterocycles. The molecule has 28 heavy (non-hydrogen) atoms. The highest BCUT2D eigenvalue weighted by Gasteiger charge is 2.16. The van der Waals surface area contributed by atoms with Gasteiger partial charge in [-0.05, 0) is 23.8 Å². The van der Waals surface area contributed by atoms with Crippen molar-refractivity contribution in [2.45, 2.75) is 12.2 Å². The van der Waals surface area contributed by atoms with E-state index in [0.29, 0.717) is 32.0 Å². The first-order chi connectivity index (χ1) is 13.3. The number of hydrogen-bond acceptors (Lipinski definition) is 5. The van der Waals surface area contributed by atoms with Gasteiger partial charge < -0.3 is 5.32 Å². The molecule has 0 spiro atoms. The molecule has 3 aromatic rings. The van der Waals surface area contributed by atoms with Gasteiger partial charge in [0.25, 0.3) is 0 Å². The lowest BCUT2D eigenvalue weighted by Crippen LogP contribution is -2.18. The molecule has 0 aliphatic carbocycles. The van der Waals surface area contributed by atoms with Gasteiger partial charge in [0.15, 0.2) is 15.0 Å². The minimum absolute atomic E-state index is 0.0875. The van der Waals surface area contributed by atoms with Crippen molar-refractivity contribution in [2.75, 3.05) is 11.1 Å². The zero-order chi connectivity index (χ0) is 20.1. The highest BCUT2D eigenvalue weighted by atomic mass is 35.5. The van der Waals surface area contributed by atoms with E-state index in [4.69, 9.17) is 23.2 Å². The number of carbonyl (C=O) groups excluding carboxylic acids is 1. The molecule has 9 heteroatoms. The normalized spacial score (nSPS) is 11.4. The molecule has 1 N–H and O–H groups in total. The van der Waals surface area contributed by atoms with Crippen LogP contribution in [0.4, 0.5) is 5.13 Å². The van der Waals surface area contributed by atoms with Gasteiger partial charge in [-0.25, -0.2) is 13.4 Å². The number of amides is 1. The molecule has 3 rings (SSSR count). The molecule has 0 saturated carbocycles. The summed E-state index contributed by atoms with van der Waals surface area (Å²) < 4.78 is 24.4. The molecule has 0 saturated heterocycles. The topological polar surface area (TPSA) is 76.1 Å². The molecule has 0 radical (unpaired) electrons. The minimum atomic E-state index is -3.38. The number of thiazole rings is 1. The Hall–Kier alpha value is -1.93. The lowest BCUT2D eigenvalue weighted by molar-refractivity contribution is -0.115. The molecule has 0 unspecified atom stereocenters. The van der Waals surface area contributed by atoms with Gasteiger partial charge in [0.2, 0.25) is 5.91 Å². The van der Waals surface area contributed by atoms with E-state index >= 15 is 0 Å². The Labute approximate surface area is 177 Å². The van der Waals surface area contributed by atoms with Crippen LogP contribution in [0.25, 0.3) is 11.3 Å². The average molecular weight is 455 g/mol. The Morgan fingerprint density at radius 1 is 1.11 bits per heavy atom. The van der Waals surface area contributed by atoms with Gasteiger partial charge in [0, 0.05) is 22.4 Å². The van der Waals surface area contributed by atoms with Gasteiger partial charge in [0.1, 0.15) is 0 Å². The van der Waals surface area contributed by atoms with Crippen molar-refractivity contribution in [3.8, 4) is 11.3 Å². The second-order valence-corrected chi connectivity index (χ2v) is 9.92. The number of halogens is 2. The van der Waals surface area contributed by atoms with Gasteiger partial charge in [-0.1, -0.05) is 53.5 Å². The Morgan fingerprint density at radius 3 is 2.61 bits per heavy atom. The van der Waals surface area contributed by atoms with Crippen LogP contribution >= 0.6 is 34.5 Å². The molecule has 146 valence electrons. The quantitative estimate of drug-likeness (QED) is 0.540. The highest BCUT2D eigenvalue weighted by Crippen LogP contribution is 2.32. The van der Waals surface area contributed by atoms with Crippen LogP contribution in [0.2, 0.25) is 10.0 Å². The third-order valence-corrected chi connectivity index (χ3v) is 6.75. The number of nitrogens with zero attached hydrogens (tertiary/aromatic N) is 1. The van der Waals surface area contributed by atoms with Crippen LogP contribution in [0, 0.1) is 0 Å². The first-order valence-corrected chi connectivity index (χ1v) is 11.7. The summed E-state index contributed by atoms with van der Waals surface area (Å²) in [5, 5.41) is 5.78. The third-order valence-electron chi connectivity index (χ3n) is 3.82. The second-order valence-electron chi connectivity index (χ2n) is 6.04.